The zero-order valence-electron chi connectivity index (χ0n) is 11.3. The monoisotopic (exact) mass is 245 g/mol. The van der Waals surface area contributed by atoms with Gasteiger partial charge in [0.2, 0.25) is 0 Å². The van der Waals surface area contributed by atoms with Gasteiger partial charge in [0.15, 0.2) is 0 Å². The van der Waals surface area contributed by atoms with Gasteiger partial charge in [-0.2, -0.15) is 5.26 Å². The molecule has 0 aliphatic carbocycles. The molecule has 1 unspecified atom stereocenters. The van der Waals surface area contributed by atoms with Crippen LogP contribution < -0.4 is 10.2 Å². The molecule has 1 aromatic rings. The number of nitrogens with zero attached hydrogens (tertiary/aromatic N) is 2. The van der Waals surface area contributed by atoms with Crippen LogP contribution in [0.5, 0.6) is 0 Å². The van der Waals surface area contributed by atoms with Crippen LogP contribution in [0.2, 0.25) is 0 Å². The van der Waals surface area contributed by atoms with Crippen molar-refractivity contribution in [1.82, 2.24) is 5.32 Å². The number of hydrogen-bond donors (Lipinski definition) is 1. The summed E-state index contributed by atoms with van der Waals surface area (Å²) in [5, 5.41) is 11.8. The Hall–Kier alpha value is -2.02. The molecule has 0 heterocycles. The van der Waals surface area contributed by atoms with E-state index in [2.05, 4.69) is 11.4 Å². The molecule has 0 fully saturated rings. The van der Waals surface area contributed by atoms with Crippen molar-refractivity contribution in [3.8, 4) is 6.07 Å². The van der Waals surface area contributed by atoms with Crippen LogP contribution in [-0.4, -0.2) is 25.5 Å². The van der Waals surface area contributed by atoms with Crippen molar-refractivity contribution >= 4 is 11.6 Å². The third-order valence-corrected chi connectivity index (χ3v) is 2.99. The van der Waals surface area contributed by atoms with Gasteiger partial charge in [-0.25, -0.2) is 0 Å². The maximum atomic E-state index is 12.0. The van der Waals surface area contributed by atoms with Gasteiger partial charge in [-0.05, 0) is 37.6 Å². The molecule has 1 amide bonds. The highest BCUT2D eigenvalue weighted by Gasteiger charge is 2.24. The van der Waals surface area contributed by atoms with E-state index >= 15 is 0 Å². The van der Waals surface area contributed by atoms with E-state index in [1.165, 1.54) is 0 Å². The van der Waals surface area contributed by atoms with Gasteiger partial charge in [0.1, 0.15) is 5.54 Å². The van der Waals surface area contributed by atoms with Crippen LogP contribution in [0.1, 0.15) is 30.6 Å². The topological polar surface area (TPSA) is 56.1 Å². The molecule has 1 rings (SSSR count). The average Bonchev–Trinajstić information content (AvgIpc) is 2.38. The van der Waals surface area contributed by atoms with Crippen LogP contribution >= 0.6 is 0 Å². The van der Waals surface area contributed by atoms with E-state index in [9.17, 15) is 4.79 Å². The quantitative estimate of drug-likeness (QED) is 0.884. The smallest absolute Gasteiger partial charge is 0.252 e. The molecule has 0 aliphatic heterocycles. The van der Waals surface area contributed by atoms with Gasteiger partial charge in [0.25, 0.3) is 5.91 Å². The first-order valence-corrected chi connectivity index (χ1v) is 5.93. The highest BCUT2D eigenvalue weighted by molar-refractivity contribution is 5.95. The minimum atomic E-state index is -0.808. The number of nitriles is 1. The normalized spacial score (nSPS) is 13.3. The van der Waals surface area contributed by atoms with Gasteiger partial charge in [0.05, 0.1) is 6.07 Å². The fourth-order valence-electron chi connectivity index (χ4n) is 1.43. The lowest BCUT2D eigenvalue weighted by atomic mass is 10.0. The zero-order chi connectivity index (χ0) is 13.8. The molecule has 0 aliphatic rings. The largest absolute Gasteiger partial charge is 0.378 e. The van der Waals surface area contributed by atoms with Crippen LogP contribution in [0, 0.1) is 11.3 Å². The number of hydrogen-bond acceptors (Lipinski definition) is 3. The van der Waals surface area contributed by atoms with E-state index in [-0.39, 0.29) is 5.91 Å². The van der Waals surface area contributed by atoms with Crippen molar-refractivity contribution in [2.24, 2.45) is 0 Å². The second kappa shape index (κ2) is 5.54. The average molecular weight is 245 g/mol. The number of rotatable bonds is 4. The molecule has 0 saturated carbocycles. The molecule has 0 bridgehead atoms. The number of carbonyl (C=O) groups is 1. The van der Waals surface area contributed by atoms with Crippen LogP contribution in [0.3, 0.4) is 0 Å². The summed E-state index contributed by atoms with van der Waals surface area (Å²) in [6.45, 7) is 3.59. The Morgan fingerprint density at radius 1 is 1.39 bits per heavy atom. The summed E-state index contributed by atoms with van der Waals surface area (Å²) in [5.74, 6) is -0.216. The van der Waals surface area contributed by atoms with E-state index in [1.807, 2.05) is 38.1 Å². The minimum Gasteiger partial charge on any atom is -0.378 e. The summed E-state index contributed by atoms with van der Waals surface area (Å²) >= 11 is 0. The van der Waals surface area contributed by atoms with Crippen LogP contribution in [0.15, 0.2) is 24.3 Å². The van der Waals surface area contributed by atoms with Crippen LogP contribution in [0.25, 0.3) is 0 Å². The Balaban J connectivity index is 2.83. The number of nitrogens with one attached hydrogen (secondary N) is 1. The Morgan fingerprint density at radius 2 is 1.94 bits per heavy atom. The predicted molar refractivity (Wildman–Crippen MR) is 72.5 cm³/mol. The van der Waals surface area contributed by atoms with Crippen LogP contribution in [-0.2, 0) is 0 Å². The van der Waals surface area contributed by atoms with Crippen molar-refractivity contribution in [2.45, 2.75) is 25.8 Å². The summed E-state index contributed by atoms with van der Waals surface area (Å²) in [5.41, 5.74) is 0.790. The molecule has 0 spiro atoms. The van der Waals surface area contributed by atoms with Crippen molar-refractivity contribution in [3.05, 3.63) is 29.8 Å². The maximum absolute atomic E-state index is 12.0. The molecule has 1 aromatic carbocycles. The fraction of sp³-hybridized carbons (Fsp3) is 0.429. The van der Waals surface area contributed by atoms with Crippen molar-refractivity contribution in [2.75, 3.05) is 19.0 Å². The predicted octanol–water partition coefficient (Wildman–Crippen LogP) is 2.17. The van der Waals surface area contributed by atoms with Crippen molar-refractivity contribution in [3.63, 3.8) is 0 Å². The molecule has 4 nitrogen and oxygen atoms in total. The molecule has 4 heteroatoms. The van der Waals surface area contributed by atoms with Crippen molar-refractivity contribution in [1.29, 1.82) is 5.26 Å². The van der Waals surface area contributed by atoms with Crippen molar-refractivity contribution < 1.29 is 4.79 Å². The Morgan fingerprint density at radius 3 is 2.33 bits per heavy atom. The number of anilines is 1. The lowest BCUT2D eigenvalue weighted by Gasteiger charge is -2.21. The second-order valence-electron chi connectivity index (χ2n) is 4.69. The number of benzene rings is 1. The van der Waals surface area contributed by atoms with Gasteiger partial charge in [0, 0.05) is 25.3 Å². The third kappa shape index (κ3) is 3.24. The van der Waals surface area contributed by atoms with E-state index in [0.717, 1.165) is 5.69 Å². The Bertz CT molecular complexity index is 459. The molecule has 96 valence electrons. The van der Waals surface area contributed by atoms with E-state index in [0.29, 0.717) is 12.0 Å². The maximum Gasteiger partial charge on any atom is 0.252 e. The third-order valence-electron chi connectivity index (χ3n) is 2.99. The molecular formula is C14H19N3O. The number of amides is 1. The molecule has 1 N–H and O–H groups in total. The second-order valence-corrected chi connectivity index (χ2v) is 4.69. The molecule has 0 aromatic heterocycles. The van der Waals surface area contributed by atoms with E-state index < -0.39 is 5.54 Å². The Kier molecular flexibility index (Phi) is 4.33. The highest BCUT2D eigenvalue weighted by atomic mass is 16.1. The highest BCUT2D eigenvalue weighted by Crippen LogP contribution is 2.14. The van der Waals surface area contributed by atoms with Gasteiger partial charge in [-0.1, -0.05) is 6.92 Å². The minimum absolute atomic E-state index is 0.216. The molecule has 0 radical (unpaired) electrons. The lowest BCUT2D eigenvalue weighted by molar-refractivity contribution is 0.0923. The van der Waals surface area contributed by atoms with Gasteiger partial charge < -0.3 is 10.2 Å². The van der Waals surface area contributed by atoms with E-state index in [4.69, 9.17) is 5.26 Å². The first kappa shape index (κ1) is 14.0. The first-order chi connectivity index (χ1) is 8.41. The van der Waals surface area contributed by atoms with Gasteiger partial charge >= 0.3 is 0 Å². The van der Waals surface area contributed by atoms with Gasteiger partial charge in [-0.15, -0.1) is 0 Å². The summed E-state index contributed by atoms with van der Waals surface area (Å²) in [4.78, 5) is 13.9. The summed E-state index contributed by atoms with van der Waals surface area (Å²) < 4.78 is 0. The molecule has 1 atom stereocenters. The lowest BCUT2D eigenvalue weighted by Crippen LogP contribution is -2.44. The SMILES string of the molecule is CCC(C)(C#N)NC(=O)c1ccc(N(C)C)cc1. The summed E-state index contributed by atoms with van der Waals surface area (Å²) in [7, 11) is 3.89. The molecule has 18 heavy (non-hydrogen) atoms. The summed E-state index contributed by atoms with van der Waals surface area (Å²) in [6, 6.07) is 9.40. The number of carbonyl (C=O) groups excluding carboxylic acids is 1. The van der Waals surface area contributed by atoms with E-state index in [1.54, 1.807) is 19.1 Å². The Labute approximate surface area is 108 Å². The summed E-state index contributed by atoms with van der Waals surface area (Å²) in [6.07, 6.45) is 0.574. The standard InChI is InChI=1S/C14H19N3O/c1-5-14(2,10-15)16-13(18)11-6-8-12(9-7-11)17(3)4/h6-9H,5H2,1-4H3,(H,16,18). The first-order valence-electron chi connectivity index (χ1n) is 5.93. The molecule has 0 saturated heterocycles. The molecular weight excluding hydrogens is 226 g/mol. The fourth-order valence-corrected chi connectivity index (χ4v) is 1.43. The van der Waals surface area contributed by atoms with Gasteiger partial charge in [-0.3, -0.25) is 4.79 Å². The van der Waals surface area contributed by atoms with Crippen LogP contribution in [0.4, 0.5) is 5.69 Å². The zero-order valence-corrected chi connectivity index (χ0v) is 11.3.